The Morgan fingerprint density at radius 2 is 1.97 bits per heavy atom. The Labute approximate surface area is 186 Å². The molecule has 2 heterocycles. The van der Waals surface area contributed by atoms with Crippen molar-refractivity contribution in [1.82, 2.24) is 14.3 Å². The number of piperidine rings is 1. The van der Waals surface area contributed by atoms with E-state index in [9.17, 15) is 13.2 Å². The summed E-state index contributed by atoms with van der Waals surface area (Å²) in [5.74, 6) is 0.377. The summed E-state index contributed by atoms with van der Waals surface area (Å²) in [6, 6.07) is 6.31. The Morgan fingerprint density at radius 3 is 2.65 bits per heavy atom. The lowest BCUT2D eigenvalue weighted by Gasteiger charge is -2.27. The maximum Gasteiger partial charge on any atom is 0.246 e. The minimum absolute atomic E-state index is 0.0598. The largest absolute Gasteiger partial charge is 0.492 e. The van der Waals surface area contributed by atoms with Gasteiger partial charge >= 0.3 is 0 Å². The number of nitrogens with zero attached hydrogens (tertiary/aromatic N) is 3. The zero-order valence-corrected chi connectivity index (χ0v) is 19.3. The topological polar surface area (TPSA) is 128 Å². The second kappa shape index (κ2) is 10.3. The number of rotatable bonds is 8. The Balaban J connectivity index is 1.75. The van der Waals surface area contributed by atoms with Crippen LogP contribution in [0.1, 0.15) is 31.9 Å². The molecule has 2 aromatic rings. The number of thioether (sulfide) groups is 1. The van der Waals surface area contributed by atoms with E-state index < -0.39 is 10.0 Å². The van der Waals surface area contributed by atoms with E-state index in [2.05, 4.69) is 15.3 Å². The van der Waals surface area contributed by atoms with Gasteiger partial charge in [0.2, 0.25) is 15.9 Å². The molecule has 1 aromatic carbocycles. The number of nitrogens with two attached hydrogens (primary N) is 1. The molecule has 0 saturated carbocycles. The molecule has 1 saturated heterocycles. The standard InChI is InChI=1S/C20H27N5O4S2/c1-3-29-16-8-7-15(12-17(16)31(27,28)25-9-5-4-6-10-25)23-19(26)13-30-20-22-14(2)11-18(21)24-20/h7-8,11-12H,3-6,9-10,13H2,1-2H3,(H,23,26)(H2,21,22,24). The zero-order chi connectivity index (χ0) is 22.4. The summed E-state index contributed by atoms with van der Waals surface area (Å²) >= 11 is 1.15. The average molecular weight is 466 g/mol. The molecule has 11 heteroatoms. The minimum atomic E-state index is -3.72. The van der Waals surface area contributed by atoms with Gasteiger partial charge in [-0.2, -0.15) is 4.31 Å². The molecule has 1 aromatic heterocycles. The zero-order valence-electron chi connectivity index (χ0n) is 17.6. The Hall–Kier alpha value is -2.37. The predicted octanol–water partition coefficient (Wildman–Crippen LogP) is 2.67. The number of benzene rings is 1. The molecule has 1 amide bonds. The van der Waals surface area contributed by atoms with E-state index in [0.717, 1.165) is 36.7 Å². The molecule has 0 radical (unpaired) electrons. The molecule has 1 fully saturated rings. The lowest BCUT2D eigenvalue weighted by Crippen LogP contribution is -2.35. The molecule has 0 aliphatic carbocycles. The molecule has 31 heavy (non-hydrogen) atoms. The highest BCUT2D eigenvalue weighted by Gasteiger charge is 2.29. The number of sulfonamides is 1. The van der Waals surface area contributed by atoms with Gasteiger partial charge in [-0.25, -0.2) is 18.4 Å². The van der Waals surface area contributed by atoms with Crippen molar-refractivity contribution in [2.24, 2.45) is 0 Å². The summed E-state index contributed by atoms with van der Waals surface area (Å²) < 4.78 is 33.4. The SMILES string of the molecule is CCOc1ccc(NC(=O)CSc2nc(C)cc(N)n2)cc1S(=O)(=O)N1CCCCC1. The number of aryl methyl sites for hydroxylation is 1. The van der Waals surface area contributed by atoms with E-state index in [1.165, 1.54) is 10.4 Å². The summed E-state index contributed by atoms with van der Waals surface area (Å²) in [6.45, 7) is 4.91. The van der Waals surface area contributed by atoms with Crippen LogP contribution in [0.15, 0.2) is 34.3 Å². The third-order valence-electron chi connectivity index (χ3n) is 4.65. The van der Waals surface area contributed by atoms with Crippen molar-refractivity contribution in [3.8, 4) is 5.75 Å². The normalized spacial score (nSPS) is 14.9. The van der Waals surface area contributed by atoms with Gasteiger partial charge in [0, 0.05) is 30.5 Å². The molecule has 3 N–H and O–H groups in total. The van der Waals surface area contributed by atoms with Crippen molar-refractivity contribution in [3.05, 3.63) is 30.0 Å². The summed E-state index contributed by atoms with van der Waals surface area (Å²) in [4.78, 5) is 20.8. The number of amides is 1. The average Bonchev–Trinajstić information content (AvgIpc) is 2.73. The first-order chi connectivity index (χ1) is 14.8. The molecule has 0 unspecified atom stereocenters. The highest BCUT2D eigenvalue weighted by atomic mass is 32.2. The van der Waals surface area contributed by atoms with Crippen molar-refractivity contribution in [2.75, 3.05) is 36.5 Å². The Morgan fingerprint density at radius 1 is 1.23 bits per heavy atom. The summed E-state index contributed by atoms with van der Waals surface area (Å²) in [6.07, 6.45) is 2.69. The van der Waals surface area contributed by atoms with Gasteiger partial charge in [-0.15, -0.1) is 0 Å². The number of anilines is 2. The number of nitrogen functional groups attached to an aromatic ring is 1. The Kier molecular flexibility index (Phi) is 7.74. The van der Waals surface area contributed by atoms with Gasteiger partial charge in [-0.3, -0.25) is 4.79 Å². The molecule has 1 aliphatic heterocycles. The van der Waals surface area contributed by atoms with Gasteiger partial charge in [0.1, 0.15) is 16.5 Å². The molecular weight excluding hydrogens is 438 g/mol. The molecule has 0 atom stereocenters. The molecule has 168 valence electrons. The van der Waals surface area contributed by atoms with Crippen molar-refractivity contribution in [3.63, 3.8) is 0 Å². The van der Waals surface area contributed by atoms with Crippen molar-refractivity contribution < 1.29 is 17.9 Å². The molecule has 0 bridgehead atoms. The van der Waals surface area contributed by atoms with Crippen molar-refractivity contribution >= 4 is 39.2 Å². The fourth-order valence-corrected chi connectivity index (χ4v) is 5.65. The fourth-order valence-electron chi connectivity index (χ4n) is 3.26. The molecule has 9 nitrogen and oxygen atoms in total. The quantitative estimate of drug-likeness (QED) is 0.450. The Bertz CT molecular complexity index is 1020. The molecular formula is C20H27N5O4S2. The van der Waals surface area contributed by atoms with Crippen LogP contribution in [0, 0.1) is 6.92 Å². The lowest BCUT2D eigenvalue weighted by atomic mass is 10.2. The summed E-state index contributed by atoms with van der Waals surface area (Å²) in [5, 5.41) is 3.15. The monoisotopic (exact) mass is 465 g/mol. The maximum atomic E-state index is 13.2. The van der Waals surface area contributed by atoms with Crippen LogP contribution in [0.2, 0.25) is 0 Å². The van der Waals surface area contributed by atoms with E-state index in [1.54, 1.807) is 32.0 Å². The number of carbonyl (C=O) groups is 1. The first kappa shape index (κ1) is 23.3. The van der Waals surface area contributed by atoms with Gasteiger partial charge in [-0.1, -0.05) is 18.2 Å². The van der Waals surface area contributed by atoms with Gasteiger partial charge in [-0.05, 0) is 44.9 Å². The smallest absolute Gasteiger partial charge is 0.246 e. The van der Waals surface area contributed by atoms with Crippen LogP contribution >= 0.6 is 11.8 Å². The van der Waals surface area contributed by atoms with E-state index in [1.807, 2.05) is 0 Å². The molecule has 1 aliphatic rings. The van der Waals surface area contributed by atoms with Gasteiger partial charge < -0.3 is 15.8 Å². The summed E-state index contributed by atoms with van der Waals surface area (Å²) in [5.41, 5.74) is 6.81. The highest BCUT2D eigenvalue weighted by molar-refractivity contribution is 7.99. The van der Waals surface area contributed by atoms with Crippen molar-refractivity contribution in [1.29, 1.82) is 0 Å². The second-order valence-electron chi connectivity index (χ2n) is 7.11. The van der Waals surface area contributed by atoms with E-state index in [0.29, 0.717) is 36.4 Å². The van der Waals surface area contributed by atoms with E-state index in [-0.39, 0.29) is 22.3 Å². The van der Waals surface area contributed by atoms with Crippen LogP contribution in [0.5, 0.6) is 5.75 Å². The predicted molar refractivity (Wildman–Crippen MR) is 121 cm³/mol. The summed E-state index contributed by atoms with van der Waals surface area (Å²) in [7, 11) is -3.72. The van der Waals surface area contributed by atoms with Crippen LogP contribution in [-0.4, -0.2) is 54.0 Å². The van der Waals surface area contributed by atoms with Crippen LogP contribution < -0.4 is 15.8 Å². The number of hydrogen-bond acceptors (Lipinski definition) is 8. The van der Waals surface area contributed by atoms with Crippen LogP contribution in [0.25, 0.3) is 0 Å². The van der Waals surface area contributed by atoms with Gasteiger partial charge in [0.05, 0.1) is 12.4 Å². The number of ether oxygens (including phenoxy) is 1. The van der Waals surface area contributed by atoms with Crippen molar-refractivity contribution in [2.45, 2.75) is 43.2 Å². The first-order valence-corrected chi connectivity index (χ1v) is 12.5. The number of nitrogens with one attached hydrogen (secondary N) is 1. The molecule has 0 spiro atoms. The third-order valence-corrected chi connectivity index (χ3v) is 7.41. The number of aromatic nitrogens is 2. The van der Waals surface area contributed by atoms with Crippen LogP contribution in [0.3, 0.4) is 0 Å². The first-order valence-electron chi connectivity index (χ1n) is 10.1. The van der Waals surface area contributed by atoms with Gasteiger partial charge in [0.15, 0.2) is 5.16 Å². The van der Waals surface area contributed by atoms with Crippen LogP contribution in [0.4, 0.5) is 11.5 Å². The third kappa shape index (κ3) is 6.08. The maximum absolute atomic E-state index is 13.2. The number of hydrogen-bond donors (Lipinski definition) is 2. The van der Waals surface area contributed by atoms with Crippen LogP contribution in [-0.2, 0) is 14.8 Å². The fraction of sp³-hybridized carbons (Fsp3) is 0.450. The van der Waals surface area contributed by atoms with Gasteiger partial charge in [0.25, 0.3) is 0 Å². The minimum Gasteiger partial charge on any atom is -0.492 e. The number of carbonyl (C=O) groups excluding carboxylic acids is 1. The van der Waals surface area contributed by atoms with E-state index >= 15 is 0 Å². The van der Waals surface area contributed by atoms with E-state index in [4.69, 9.17) is 10.5 Å². The lowest BCUT2D eigenvalue weighted by molar-refractivity contribution is -0.113. The highest BCUT2D eigenvalue weighted by Crippen LogP contribution is 2.31. The molecule has 3 rings (SSSR count). The second-order valence-corrected chi connectivity index (χ2v) is 9.96.